The molecule has 1 aliphatic heterocycles. The van der Waals surface area contributed by atoms with Gasteiger partial charge in [-0.3, -0.25) is 9.10 Å². The van der Waals surface area contributed by atoms with E-state index >= 15 is 0 Å². The second kappa shape index (κ2) is 8.57. The van der Waals surface area contributed by atoms with Gasteiger partial charge in [0.1, 0.15) is 18.1 Å². The van der Waals surface area contributed by atoms with Gasteiger partial charge in [-0.1, -0.05) is 24.8 Å². The largest absolute Gasteiger partial charge is 0.489 e. The van der Waals surface area contributed by atoms with Gasteiger partial charge in [-0.05, 0) is 36.8 Å². The van der Waals surface area contributed by atoms with E-state index in [-0.39, 0.29) is 18.9 Å². The fourth-order valence-electron chi connectivity index (χ4n) is 3.06. The second-order valence-corrected chi connectivity index (χ2v) is 8.73. The highest BCUT2D eigenvalue weighted by Crippen LogP contribution is 2.35. The maximum absolute atomic E-state index is 12.8. The summed E-state index contributed by atoms with van der Waals surface area (Å²) in [5.41, 5.74) is 1.91. The number of ether oxygens (including phenoxy) is 2. The van der Waals surface area contributed by atoms with Crippen LogP contribution in [0.3, 0.4) is 0 Å². The molecule has 0 saturated heterocycles. The molecule has 7 nitrogen and oxygen atoms in total. The van der Waals surface area contributed by atoms with Crippen molar-refractivity contribution in [1.82, 2.24) is 0 Å². The van der Waals surface area contributed by atoms with Crippen LogP contribution in [0.5, 0.6) is 11.5 Å². The van der Waals surface area contributed by atoms with Gasteiger partial charge in [-0.2, -0.15) is 0 Å². The minimum absolute atomic E-state index is 0.149. The smallest absolute Gasteiger partial charge is 0.265 e. The molecule has 1 heterocycles. The van der Waals surface area contributed by atoms with Crippen molar-refractivity contribution in [3.63, 3.8) is 0 Å². The number of nitrogens with zero attached hydrogens (tertiary/aromatic N) is 1. The Morgan fingerprint density at radius 2 is 2.14 bits per heavy atom. The molecule has 2 aromatic carbocycles. The highest BCUT2D eigenvalue weighted by atomic mass is 32.2. The number of benzene rings is 2. The Morgan fingerprint density at radius 3 is 2.86 bits per heavy atom. The quantitative estimate of drug-likeness (QED) is 0.732. The maximum atomic E-state index is 12.8. The number of anilines is 2. The predicted octanol–water partition coefficient (Wildman–Crippen LogP) is 3.12. The fourth-order valence-corrected chi connectivity index (χ4v) is 4.00. The van der Waals surface area contributed by atoms with Crippen molar-refractivity contribution >= 4 is 27.3 Å². The van der Waals surface area contributed by atoms with Crippen molar-refractivity contribution in [2.24, 2.45) is 0 Å². The lowest BCUT2D eigenvalue weighted by Gasteiger charge is -2.21. The topological polar surface area (TPSA) is 84.9 Å². The predicted molar refractivity (Wildman–Crippen MR) is 113 cm³/mol. The highest BCUT2D eigenvalue weighted by Gasteiger charge is 2.31. The minimum Gasteiger partial charge on any atom is -0.489 e. The van der Waals surface area contributed by atoms with Crippen LogP contribution in [0.2, 0.25) is 0 Å². The fraction of sp³-hybridized carbons (Fsp3) is 0.286. The van der Waals surface area contributed by atoms with Gasteiger partial charge in [-0.25, -0.2) is 8.42 Å². The Labute approximate surface area is 171 Å². The molecule has 0 spiro atoms. The summed E-state index contributed by atoms with van der Waals surface area (Å²) in [6.07, 6.45) is 2.17. The van der Waals surface area contributed by atoms with Gasteiger partial charge in [0.25, 0.3) is 5.91 Å². The lowest BCUT2D eigenvalue weighted by atomic mass is 10.2. The number of hydrogen-bond acceptors (Lipinski definition) is 5. The molecule has 0 aliphatic carbocycles. The van der Waals surface area contributed by atoms with Crippen LogP contribution in [0, 0.1) is 6.92 Å². The SMILES string of the molecule is C=CCOc1cccc(NC(=O)[C@@H]2CCN(S(C)(=O)=O)c3cc(C)ccc3O2)c1. The molecule has 154 valence electrons. The molecule has 1 N–H and O–H groups in total. The molecule has 0 radical (unpaired) electrons. The zero-order chi connectivity index (χ0) is 21.0. The number of nitrogens with one attached hydrogen (secondary N) is 1. The summed E-state index contributed by atoms with van der Waals surface area (Å²) in [5.74, 6) is 0.614. The highest BCUT2D eigenvalue weighted by molar-refractivity contribution is 7.92. The van der Waals surface area contributed by atoms with Crippen LogP contribution in [0.4, 0.5) is 11.4 Å². The number of sulfonamides is 1. The molecule has 0 bridgehead atoms. The third-order valence-electron chi connectivity index (χ3n) is 4.41. The number of hydrogen-bond donors (Lipinski definition) is 1. The van der Waals surface area contributed by atoms with Gasteiger partial charge in [0, 0.05) is 24.7 Å². The average molecular weight is 416 g/mol. The zero-order valence-electron chi connectivity index (χ0n) is 16.4. The summed E-state index contributed by atoms with van der Waals surface area (Å²) in [5, 5.41) is 2.81. The maximum Gasteiger partial charge on any atom is 0.265 e. The Morgan fingerprint density at radius 1 is 1.34 bits per heavy atom. The van der Waals surface area contributed by atoms with Crippen LogP contribution in [-0.4, -0.2) is 39.8 Å². The number of carbonyl (C=O) groups excluding carboxylic acids is 1. The Hall–Kier alpha value is -3.00. The number of rotatable bonds is 6. The van der Waals surface area contributed by atoms with Crippen molar-refractivity contribution in [2.45, 2.75) is 19.4 Å². The van der Waals surface area contributed by atoms with Crippen LogP contribution in [-0.2, 0) is 14.8 Å². The van der Waals surface area contributed by atoms with Crippen LogP contribution in [0.1, 0.15) is 12.0 Å². The first kappa shape index (κ1) is 20.7. The van der Waals surface area contributed by atoms with Crippen LogP contribution in [0.15, 0.2) is 55.1 Å². The summed E-state index contributed by atoms with van der Waals surface area (Å²) in [6, 6.07) is 12.3. The third-order valence-corrected chi connectivity index (χ3v) is 5.59. The number of fused-ring (bicyclic) bond motifs is 1. The first-order chi connectivity index (χ1) is 13.8. The Kier molecular flexibility index (Phi) is 6.12. The van der Waals surface area contributed by atoms with Crippen molar-refractivity contribution in [3.8, 4) is 11.5 Å². The van der Waals surface area contributed by atoms with E-state index in [0.717, 1.165) is 11.8 Å². The summed E-state index contributed by atoms with van der Waals surface area (Å²) in [6.45, 7) is 5.99. The summed E-state index contributed by atoms with van der Waals surface area (Å²) >= 11 is 0. The summed E-state index contributed by atoms with van der Waals surface area (Å²) in [4.78, 5) is 12.8. The van der Waals surface area contributed by atoms with Crippen molar-refractivity contribution in [3.05, 3.63) is 60.7 Å². The Balaban J connectivity index is 1.81. The molecule has 0 saturated carbocycles. The van der Waals surface area contributed by atoms with Gasteiger partial charge in [-0.15, -0.1) is 0 Å². The lowest BCUT2D eigenvalue weighted by Crippen LogP contribution is -2.35. The van der Waals surface area contributed by atoms with Crippen LogP contribution >= 0.6 is 0 Å². The molecule has 1 amide bonds. The molecule has 29 heavy (non-hydrogen) atoms. The van der Waals surface area contributed by atoms with Gasteiger partial charge in [0.05, 0.1) is 11.9 Å². The van der Waals surface area contributed by atoms with E-state index in [4.69, 9.17) is 9.47 Å². The van der Waals surface area contributed by atoms with Gasteiger partial charge in [0.2, 0.25) is 10.0 Å². The van der Waals surface area contributed by atoms with E-state index in [0.29, 0.717) is 29.5 Å². The third kappa shape index (κ3) is 5.08. The monoisotopic (exact) mass is 416 g/mol. The van der Waals surface area contributed by atoms with Gasteiger partial charge < -0.3 is 14.8 Å². The molecule has 0 unspecified atom stereocenters. The average Bonchev–Trinajstić information content (AvgIpc) is 2.86. The summed E-state index contributed by atoms with van der Waals surface area (Å²) < 4.78 is 37.2. The zero-order valence-corrected chi connectivity index (χ0v) is 17.2. The first-order valence-corrected chi connectivity index (χ1v) is 11.0. The summed E-state index contributed by atoms with van der Waals surface area (Å²) in [7, 11) is -3.50. The van der Waals surface area contributed by atoms with Crippen molar-refractivity contribution in [1.29, 1.82) is 0 Å². The minimum atomic E-state index is -3.50. The van der Waals surface area contributed by atoms with Crippen LogP contribution in [0.25, 0.3) is 0 Å². The Bertz CT molecular complexity index is 1020. The molecule has 0 aromatic heterocycles. The molecular weight excluding hydrogens is 392 g/mol. The lowest BCUT2D eigenvalue weighted by molar-refractivity contribution is -0.122. The van der Waals surface area contributed by atoms with E-state index in [1.807, 2.05) is 13.0 Å². The van der Waals surface area contributed by atoms with E-state index in [9.17, 15) is 13.2 Å². The first-order valence-electron chi connectivity index (χ1n) is 9.17. The number of carbonyl (C=O) groups is 1. The van der Waals surface area contributed by atoms with Crippen molar-refractivity contribution < 1.29 is 22.7 Å². The van der Waals surface area contributed by atoms with E-state index in [1.54, 1.807) is 42.5 Å². The molecular formula is C21H24N2O5S. The van der Waals surface area contributed by atoms with E-state index < -0.39 is 16.1 Å². The molecule has 1 aliphatic rings. The van der Waals surface area contributed by atoms with E-state index in [2.05, 4.69) is 11.9 Å². The molecule has 2 aromatic rings. The molecule has 8 heteroatoms. The molecule has 1 atom stereocenters. The van der Waals surface area contributed by atoms with E-state index in [1.165, 1.54) is 4.31 Å². The normalized spacial score (nSPS) is 16.2. The second-order valence-electron chi connectivity index (χ2n) is 6.82. The number of amides is 1. The van der Waals surface area contributed by atoms with Crippen molar-refractivity contribution in [2.75, 3.05) is 29.0 Å². The molecule has 3 rings (SSSR count). The van der Waals surface area contributed by atoms with Gasteiger partial charge in [0.15, 0.2) is 6.10 Å². The van der Waals surface area contributed by atoms with Gasteiger partial charge >= 0.3 is 0 Å². The van der Waals surface area contributed by atoms with Crippen LogP contribution < -0.4 is 19.1 Å². The standard InChI is InChI=1S/C21H24N2O5S/c1-4-12-27-17-7-5-6-16(14-17)22-21(24)20-10-11-23(29(3,25)26)18-13-15(2)8-9-19(18)28-20/h4-9,13-14,20H,1,10-12H2,2-3H3,(H,22,24)/t20-/m0/s1. The molecule has 0 fully saturated rings. The number of aryl methyl sites for hydroxylation is 1.